The van der Waals surface area contributed by atoms with Gasteiger partial charge in [0.25, 0.3) is 0 Å². The second-order valence-electron chi connectivity index (χ2n) is 4.29. The first kappa shape index (κ1) is 12.6. The summed E-state index contributed by atoms with van der Waals surface area (Å²) in [6.45, 7) is 2.43. The second-order valence-corrected chi connectivity index (χ2v) is 4.29. The van der Waals surface area contributed by atoms with Crippen LogP contribution in [0.5, 0.6) is 0 Å². The highest BCUT2D eigenvalue weighted by Crippen LogP contribution is 2.20. The SMILES string of the molecule is CC(=O)c1cccc(N2CCNC(=O)C2CO)c1. The van der Waals surface area contributed by atoms with Gasteiger partial charge in [-0.15, -0.1) is 0 Å². The van der Waals surface area contributed by atoms with Gasteiger partial charge in [-0.05, 0) is 19.1 Å². The minimum atomic E-state index is -0.582. The van der Waals surface area contributed by atoms with E-state index >= 15 is 0 Å². The van der Waals surface area contributed by atoms with Gasteiger partial charge in [-0.1, -0.05) is 12.1 Å². The number of piperazine rings is 1. The molecule has 1 fully saturated rings. The Bertz CT molecular complexity index is 473. The van der Waals surface area contributed by atoms with E-state index in [1.54, 1.807) is 18.2 Å². The lowest BCUT2D eigenvalue weighted by Crippen LogP contribution is -2.57. The Labute approximate surface area is 105 Å². The summed E-state index contributed by atoms with van der Waals surface area (Å²) >= 11 is 0. The van der Waals surface area contributed by atoms with Crippen LogP contribution in [0.1, 0.15) is 17.3 Å². The van der Waals surface area contributed by atoms with Gasteiger partial charge in [0.1, 0.15) is 6.04 Å². The molecule has 0 saturated carbocycles. The van der Waals surface area contributed by atoms with Gasteiger partial charge >= 0.3 is 0 Å². The first-order valence-electron chi connectivity index (χ1n) is 5.89. The molecule has 18 heavy (non-hydrogen) atoms. The highest BCUT2D eigenvalue weighted by Gasteiger charge is 2.29. The zero-order valence-corrected chi connectivity index (χ0v) is 10.2. The van der Waals surface area contributed by atoms with E-state index in [0.717, 1.165) is 5.69 Å². The molecule has 0 spiro atoms. The minimum absolute atomic E-state index is 0.0149. The molecule has 1 unspecified atom stereocenters. The molecule has 2 N–H and O–H groups in total. The van der Waals surface area contributed by atoms with Crippen molar-refractivity contribution < 1.29 is 14.7 Å². The Kier molecular flexibility index (Phi) is 3.62. The maximum atomic E-state index is 11.6. The van der Waals surface area contributed by atoms with Crippen LogP contribution in [-0.4, -0.2) is 42.5 Å². The number of amides is 1. The molecular formula is C13H16N2O3. The van der Waals surface area contributed by atoms with Gasteiger partial charge in [0.15, 0.2) is 5.78 Å². The number of aliphatic hydroxyl groups excluding tert-OH is 1. The van der Waals surface area contributed by atoms with Crippen molar-refractivity contribution >= 4 is 17.4 Å². The summed E-state index contributed by atoms with van der Waals surface area (Å²) in [5, 5.41) is 12.0. The predicted molar refractivity (Wildman–Crippen MR) is 67.7 cm³/mol. The fraction of sp³-hybridized carbons (Fsp3) is 0.385. The average molecular weight is 248 g/mol. The van der Waals surface area contributed by atoms with Crippen molar-refractivity contribution in [3.05, 3.63) is 29.8 Å². The summed E-state index contributed by atoms with van der Waals surface area (Å²) in [6.07, 6.45) is 0. The fourth-order valence-electron chi connectivity index (χ4n) is 2.11. The summed E-state index contributed by atoms with van der Waals surface area (Å²) in [7, 11) is 0. The number of aliphatic hydroxyl groups is 1. The standard InChI is InChI=1S/C13H16N2O3/c1-9(17)10-3-2-4-11(7-10)15-6-5-14-13(18)12(15)8-16/h2-4,7,12,16H,5-6,8H2,1H3,(H,14,18). The highest BCUT2D eigenvalue weighted by molar-refractivity contribution is 5.95. The Balaban J connectivity index is 2.31. The molecule has 1 atom stereocenters. The molecule has 96 valence electrons. The second kappa shape index (κ2) is 5.18. The topological polar surface area (TPSA) is 69.6 Å². The maximum absolute atomic E-state index is 11.6. The lowest BCUT2D eigenvalue weighted by atomic mass is 10.1. The molecule has 2 rings (SSSR count). The lowest BCUT2D eigenvalue weighted by molar-refractivity contribution is -0.124. The van der Waals surface area contributed by atoms with Crippen molar-refractivity contribution in [2.45, 2.75) is 13.0 Å². The first-order chi connectivity index (χ1) is 8.63. The van der Waals surface area contributed by atoms with E-state index in [0.29, 0.717) is 18.7 Å². The van der Waals surface area contributed by atoms with E-state index in [4.69, 9.17) is 0 Å². The molecule has 5 nitrogen and oxygen atoms in total. The molecule has 1 saturated heterocycles. The number of anilines is 1. The van der Waals surface area contributed by atoms with Gasteiger partial charge in [-0.25, -0.2) is 0 Å². The van der Waals surface area contributed by atoms with Crippen LogP contribution in [0.15, 0.2) is 24.3 Å². The molecule has 1 aromatic carbocycles. The molecule has 1 heterocycles. The van der Waals surface area contributed by atoms with Gasteiger partial charge in [-0.2, -0.15) is 0 Å². The number of hydrogen-bond acceptors (Lipinski definition) is 4. The van der Waals surface area contributed by atoms with E-state index in [-0.39, 0.29) is 18.3 Å². The zero-order chi connectivity index (χ0) is 13.1. The number of rotatable bonds is 3. The largest absolute Gasteiger partial charge is 0.394 e. The molecule has 0 bridgehead atoms. The highest BCUT2D eigenvalue weighted by atomic mass is 16.3. The van der Waals surface area contributed by atoms with Gasteiger partial charge in [-0.3, -0.25) is 9.59 Å². The minimum Gasteiger partial charge on any atom is -0.394 e. The van der Waals surface area contributed by atoms with Crippen molar-refractivity contribution in [3.8, 4) is 0 Å². The average Bonchev–Trinajstić information content (AvgIpc) is 2.38. The van der Waals surface area contributed by atoms with Crippen molar-refractivity contribution in [1.82, 2.24) is 5.32 Å². The van der Waals surface area contributed by atoms with E-state index < -0.39 is 6.04 Å². The summed E-state index contributed by atoms with van der Waals surface area (Å²) < 4.78 is 0. The summed E-state index contributed by atoms with van der Waals surface area (Å²) in [5.74, 6) is -0.198. The van der Waals surface area contributed by atoms with E-state index in [9.17, 15) is 14.7 Å². The zero-order valence-electron chi connectivity index (χ0n) is 10.2. The predicted octanol–water partition coefficient (Wildman–Crippen LogP) is 0.186. The van der Waals surface area contributed by atoms with E-state index in [1.807, 2.05) is 11.0 Å². The third kappa shape index (κ3) is 2.36. The van der Waals surface area contributed by atoms with Crippen molar-refractivity contribution in [3.63, 3.8) is 0 Å². The Morgan fingerprint density at radius 1 is 1.56 bits per heavy atom. The monoisotopic (exact) mass is 248 g/mol. The van der Waals surface area contributed by atoms with Gasteiger partial charge < -0.3 is 15.3 Å². The summed E-state index contributed by atoms with van der Waals surface area (Å²) in [4.78, 5) is 24.8. The first-order valence-corrected chi connectivity index (χ1v) is 5.89. The Morgan fingerprint density at radius 3 is 3.00 bits per heavy atom. The van der Waals surface area contributed by atoms with Gasteiger partial charge in [0.2, 0.25) is 5.91 Å². The summed E-state index contributed by atoms with van der Waals surface area (Å²) in [6, 6.07) is 6.54. The molecular weight excluding hydrogens is 232 g/mol. The molecule has 1 amide bonds. The number of benzene rings is 1. The van der Waals surface area contributed by atoms with Gasteiger partial charge in [0, 0.05) is 24.3 Å². The number of carbonyl (C=O) groups is 2. The maximum Gasteiger partial charge on any atom is 0.245 e. The Morgan fingerprint density at radius 2 is 2.33 bits per heavy atom. The third-order valence-electron chi connectivity index (χ3n) is 3.09. The van der Waals surface area contributed by atoms with Crippen LogP contribution in [0.4, 0.5) is 5.69 Å². The molecule has 0 aromatic heterocycles. The van der Waals surface area contributed by atoms with Crippen LogP contribution in [-0.2, 0) is 4.79 Å². The number of hydrogen-bond donors (Lipinski definition) is 2. The molecule has 1 aliphatic heterocycles. The van der Waals surface area contributed by atoms with Crippen LogP contribution < -0.4 is 10.2 Å². The van der Waals surface area contributed by atoms with Crippen LogP contribution in [0.25, 0.3) is 0 Å². The number of nitrogens with zero attached hydrogens (tertiary/aromatic N) is 1. The van der Waals surface area contributed by atoms with E-state index in [1.165, 1.54) is 6.92 Å². The van der Waals surface area contributed by atoms with Crippen LogP contribution >= 0.6 is 0 Å². The van der Waals surface area contributed by atoms with Crippen LogP contribution in [0.3, 0.4) is 0 Å². The number of nitrogens with one attached hydrogen (secondary N) is 1. The number of ketones is 1. The molecule has 0 aliphatic carbocycles. The van der Waals surface area contributed by atoms with Crippen LogP contribution in [0.2, 0.25) is 0 Å². The molecule has 1 aromatic rings. The summed E-state index contributed by atoms with van der Waals surface area (Å²) in [5.41, 5.74) is 1.40. The van der Waals surface area contributed by atoms with E-state index in [2.05, 4.69) is 5.32 Å². The number of carbonyl (C=O) groups excluding carboxylic acids is 2. The van der Waals surface area contributed by atoms with Crippen molar-refractivity contribution in [1.29, 1.82) is 0 Å². The van der Waals surface area contributed by atoms with Gasteiger partial charge in [0.05, 0.1) is 6.61 Å². The fourth-order valence-corrected chi connectivity index (χ4v) is 2.11. The van der Waals surface area contributed by atoms with Crippen LogP contribution in [0, 0.1) is 0 Å². The third-order valence-corrected chi connectivity index (χ3v) is 3.09. The molecule has 0 radical (unpaired) electrons. The Hall–Kier alpha value is -1.88. The van der Waals surface area contributed by atoms with Crippen molar-refractivity contribution in [2.24, 2.45) is 0 Å². The quantitative estimate of drug-likeness (QED) is 0.749. The smallest absolute Gasteiger partial charge is 0.245 e. The molecule has 1 aliphatic rings. The lowest BCUT2D eigenvalue weighted by Gasteiger charge is -2.35. The number of Topliss-reactive ketones (excluding diaryl/α,β-unsaturated/α-hetero) is 1. The normalized spacial score (nSPS) is 19.6. The van der Waals surface area contributed by atoms with Crippen molar-refractivity contribution in [2.75, 3.05) is 24.6 Å². The molecule has 5 heteroatoms.